The Bertz CT molecular complexity index is 1130. The molecule has 3 N–H and O–H groups in total. The van der Waals surface area contributed by atoms with Gasteiger partial charge in [0.05, 0.1) is 37.3 Å². The van der Waals surface area contributed by atoms with Gasteiger partial charge in [-0.15, -0.1) is 0 Å². The predicted molar refractivity (Wildman–Crippen MR) is 110 cm³/mol. The average molecular weight is 440 g/mol. The summed E-state index contributed by atoms with van der Waals surface area (Å²) < 4.78 is 10.7. The van der Waals surface area contributed by atoms with Gasteiger partial charge in [0.2, 0.25) is 11.8 Å². The Morgan fingerprint density at radius 3 is 2.31 bits per heavy atom. The number of nitrogens with one attached hydrogen (secondary N) is 1. The second-order valence-corrected chi connectivity index (χ2v) is 7.49. The average Bonchev–Trinajstić information content (AvgIpc) is 3.30. The van der Waals surface area contributed by atoms with Crippen LogP contribution >= 0.6 is 0 Å². The molecule has 2 aliphatic heterocycles. The van der Waals surface area contributed by atoms with Crippen LogP contribution in [0.15, 0.2) is 42.5 Å². The lowest BCUT2D eigenvalue weighted by Gasteiger charge is -2.23. The van der Waals surface area contributed by atoms with Gasteiger partial charge in [-0.25, -0.2) is 9.69 Å². The van der Waals surface area contributed by atoms with Crippen molar-refractivity contribution in [2.75, 3.05) is 19.1 Å². The highest BCUT2D eigenvalue weighted by Crippen LogP contribution is 2.47. The molecule has 0 radical (unpaired) electrons. The first-order chi connectivity index (χ1) is 15.3. The van der Waals surface area contributed by atoms with E-state index >= 15 is 0 Å². The summed E-state index contributed by atoms with van der Waals surface area (Å²) in [7, 11) is 2.91. The monoisotopic (exact) mass is 440 g/mol. The predicted octanol–water partition coefficient (Wildman–Crippen LogP) is 1.31. The first-order valence-electron chi connectivity index (χ1n) is 9.70. The Morgan fingerprint density at radius 2 is 1.69 bits per heavy atom. The standard InChI is InChI=1S/C22H20N2O8/c1-31-12-6-7-14(32-2)13(9-12)17-15-16(18(23-17)22(29)30)20(26)24(19(15)25)11-5-3-4-10(8-11)21(27)28/h3-9,15-18,23H,1-2H3,(H,27,28)(H,29,30)/t15-,16-,17+,18+/m1/s1. The summed E-state index contributed by atoms with van der Waals surface area (Å²) in [6, 6.07) is 8.18. The number of hydrogen-bond acceptors (Lipinski definition) is 7. The maximum atomic E-state index is 13.4. The van der Waals surface area contributed by atoms with E-state index in [4.69, 9.17) is 9.47 Å². The second kappa shape index (κ2) is 7.97. The third-order valence-electron chi connectivity index (χ3n) is 5.86. The van der Waals surface area contributed by atoms with E-state index in [2.05, 4.69) is 5.32 Å². The van der Waals surface area contributed by atoms with Crippen molar-refractivity contribution in [3.63, 3.8) is 0 Å². The third kappa shape index (κ3) is 3.25. The summed E-state index contributed by atoms with van der Waals surface area (Å²) >= 11 is 0. The van der Waals surface area contributed by atoms with Crippen molar-refractivity contribution in [3.05, 3.63) is 53.6 Å². The third-order valence-corrected chi connectivity index (χ3v) is 5.86. The van der Waals surface area contributed by atoms with Gasteiger partial charge in [0, 0.05) is 11.6 Å². The van der Waals surface area contributed by atoms with E-state index in [1.165, 1.54) is 38.5 Å². The molecule has 0 unspecified atom stereocenters. The molecule has 0 bridgehead atoms. The summed E-state index contributed by atoms with van der Waals surface area (Å²) in [5.41, 5.74) is 0.460. The zero-order chi connectivity index (χ0) is 23.2. The molecule has 2 aromatic carbocycles. The molecule has 10 heteroatoms. The van der Waals surface area contributed by atoms with Crippen LogP contribution in [0, 0.1) is 11.8 Å². The van der Waals surface area contributed by atoms with Crippen LogP contribution in [0.25, 0.3) is 0 Å². The van der Waals surface area contributed by atoms with Crippen molar-refractivity contribution in [3.8, 4) is 11.5 Å². The van der Waals surface area contributed by atoms with Crippen LogP contribution in [0.1, 0.15) is 22.0 Å². The molecule has 166 valence electrons. The number of carboxylic acid groups (broad SMARTS) is 2. The largest absolute Gasteiger partial charge is 0.497 e. The number of ether oxygens (including phenoxy) is 2. The van der Waals surface area contributed by atoms with E-state index in [1.807, 2.05) is 0 Å². The van der Waals surface area contributed by atoms with E-state index < -0.39 is 47.7 Å². The molecule has 0 saturated carbocycles. The molecule has 2 aromatic rings. The smallest absolute Gasteiger partial charge is 0.335 e. The number of methoxy groups -OCH3 is 2. The van der Waals surface area contributed by atoms with Crippen molar-refractivity contribution >= 4 is 29.4 Å². The fourth-order valence-electron chi connectivity index (χ4n) is 4.44. The van der Waals surface area contributed by atoms with Crippen LogP contribution in [0.2, 0.25) is 0 Å². The highest BCUT2D eigenvalue weighted by atomic mass is 16.5. The molecule has 2 heterocycles. The number of carboxylic acids is 2. The van der Waals surface area contributed by atoms with Crippen LogP contribution in [-0.4, -0.2) is 54.2 Å². The Labute approximate surface area is 182 Å². The number of rotatable bonds is 6. The van der Waals surface area contributed by atoms with E-state index in [1.54, 1.807) is 18.2 Å². The van der Waals surface area contributed by atoms with Crippen molar-refractivity contribution in [1.29, 1.82) is 0 Å². The number of benzene rings is 2. The molecule has 2 fully saturated rings. The van der Waals surface area contributed by atoms with Crippen LogP contribution in [-0.2, 0) is 14.4 Å². The molecule has 32 heavy (non-hydrogen) atoms. The van der Waals surface area contributed by atoms with Gasteiger partial charge in [-0.3, -0.25) is 19.7 Å². The first-order valence-corrected chi connectivity index (χ1v) is 9.70. The number of aromatic carboxylic acids is 1. The second-order valence-electron chi connectivity index (χ2n) is 7.49. The van der Waals surface area contributed by atoms with E-state index in [9.17, 15) is 29.4 Å². The number of amides is 2. The molecule has 4 atom stereocenters. The van der Waals surface area contributed by atoms with Crippen LogP contribution < -0.4 is 19.7 Å². The topological polar surface area (TPSA) is 142 Å². The highest BCUT2D eigenvalue weighted by Gasteiger charge is 2.61. The van der Waals surface area contributed by atoms with Gasteiger partial charge >= 0.3 is 11.9 Å². The number of imide groups is 1. The van der Waals surface area contributed by atoms with Gasteiger partial charge in [0.15, 0.2) is 0 Å². The minimum absolute atomic E-state index is 0.0785. The molecular formula is C22H20N2O8. The first kappa shape index (κ1) is 21.3. The summed E-state index contributed by atoms with van der Waals surface area (Å²) in [4.78, 5) is 50.9. The van der Waals surface area contributed by atoms with Crippen LogP contribution in [0.5, 0.6) is 11.5 Å². The van der Waals surface area contributed by atoms with Gasteiger partial charge in [0.1, 0.15) is 17.5 Å². The molecule has 0 aromatic heterocycles. The van der Waals surface area contributed by atoms with Crippen molar-refractivity contribution in [2.24, 2.45) is 11.8 Å². The molecule has 2 saturated heterocycles. The van der Waals surface area contributed by atoms with Crippen molar-refractivity contribution in [1.82, 2.24) is 5.32 Å². The van der Waals surface area contributed by atoms with Gasteiger partial charge in [-0.05, 0) is 36.4 Å². The SMILES string of the molecule is COc1ccc(OC)c([C@@H]2N[C@H](C(=O)O)[C@@H]3C(=O)N(c4cccc(C(=O)O)c4)C(=O)[C@H]32)c1. The van der Waals surface area contributed by atoms with E-state index in [0.717, 1.165) is 4.90 Å². The molecule has 4 rings (SSSR count). The summed E-state index contributed by atoms with van der Waals surface area (Å²) in [6.45, 7) is 0. The zero-order valence-electron chi connectivity index (χ0n) is 17.1. The molecule has 2 aliphatic rings. The lowest BCUT2D eigenvalue weighted by Crippen LogP contribution is -2.43. The minimum Gasteiger partial charge on any atom is -0.497 e. The maximum absolute atomic E-state index is 13.4. The normalized spacial score (nSPS) is 24.4. The molecule has 0 aliphatic carbocycles. The molecule has 0 spiro atoms. The summed E-state index contributed by atoms with van der Waals surface area (Å²) in [5.74, 6) is -5.13. The Kier molecular flexibility index (Phi) is 5.31. The van der Waals surface area contributed by atoms with E-state index in [0.29, 0.717) is 17.1 Å². The number of nitrogens with zero attached hydrogens (tertiary/aromatic N) is 1. The minimum atomic E-state index is -1.31. The summed E-state index contributed by atoms with van der Waals surface area (Å²) in [6.07, 6.45) is 0. The van der Waals surface area contributed by atoms with Crippen LogP contribution in [0.3, 0.4) is 0 Å². The molecular weight excluding hydrogens is 420 g/mol. The van der Waals surface area contributed by atoms with Gasteiger partial charge < -0.3 is 19.7 Å². The van der Waals surface area contributed by atoms with Gasteiger partial charge in [0.25, 0.3) is 0 Å². The van der Waals surface area contributed by atoms with E-state index in [-0.39, 0.29) is 11.3 Å². The fraction of sp³-hybridized carbons (Fsp3) is 0.273. The number of aliphatic carboxylic acids is 1. The van der Waals surface area contributed by atoms with Crippen molar-refractivity contribution < 1.29 is 38.9 Å². The van der Waals surface area contributed by atoms with Gasteiger partial charge in [-0.1, -0.05) is 6.07 Å². The Morgan fingerprint density at radius 1 is 0.969 bits per heavy atom. The summed E-state index contributed by atoms with van der Waals surface area (Å²) in [5, 5.41) is 21.9. The lowest BCUT2D eigenvalue weighted by molar-refractivity contribution is -0.142. The number of fused-ring (bicyclic) bond motifs is 1. The Balaban J connectivity index is 1.81. The quantitative estimate of drug-likeness (QED) is 0.567. The molecule has 10 nitrogen and oxygen atoms in total. The number of hydrogen-bond donors (Lipinski definition) is 3. The zero-order valence-corrected chi connectivity index (χ0v) is 17.1. The number of carbonyl (C=O) groups is 4. The number of carbonyl (C=O) groups excluding carboxylic acids is 2. The number of anilines is 1. The molecule has 2 amide bonds. The Hall–Kier alpha value is -3.92. The lowest BCUT2D eigenvalue weighted by atomic mass is 9.86. The fourth-order valence-corrected chi connectivity index (χ4v) is 4.44. The van der Waals surface area contributed by atoms with Crippen LogP contribution in [0.4, 0.5) is 5.69 Å². The maximum Gasteiger partial charge on any atom is 0.335 e. The van der Waals surface area contributed by atoms with Crippen molar-refractivity contribution in [2.45, 2.75) is 12.1 Å². The van der Waals surface area contributed by atoms with Gasteiger partial charge in [-0.2, -0.15) is 0 Å². The highest BCUT2D eigenvalue weighted by molar-refractivity contribution is 6.24.